The Morgan fingerprint density at radius 3 is 2.25 bits per heavy atom. The largest absolute Gasteiger partial charge is 0.286 e. The van der Waals surface area contributed by atoms with Crippen LogP contribution in [-0.4, -0.2) is 27.4 Å². The van der Waals surface area contributed by atoms with Gasteiger partial charge in [0.15, 0.2) is 0 Å². The molecule has 0 aliphatic carbocycles. The van der Waals surface area contributed by atoms with Crippen LogP contribution in [0.25, 0.3) is 0 Å². The number of rotatable bonds is 6. The maximum absolute atomic E-state index is 10.8. The molecule has 1 N–H and O–H groups in total. The van der Waals surface area contributed by atoms with Crippen molar-refractivity contribution >= 4 is 19.6 Å². The van der Waals surface area contributed by atoms with E-state index in [4.69, 9.17) is 4.55 Å². The molecule has 0 rings (SSSR count). The molecular formula is C7H18O3SSi. The summed E-state index contributed by atoms with van der Waals surface area (Å²) in [6.45, 7) is 3.98. The third-order valence-corrected chi connectivity index (χ3v) is 7.13. The Morgan fingerprint density at radius 1 is 1.33 bits per heavy atom. The van der Waals surface area contributed by atoms with Gasteiger partial charge in [0.2, 0.25) is 0 Å². The quantitative estimate of drug-likeness (QED) is 0.525. The monoisotopic (exact) mass is 210 g/mol. The highest BCUT2D eigenvalue weighted by atomic mass is 32.2. The zero-order valence-electron chi connectivity index (χ0n) is 7.78. The van der Waals surface area contributed by atoms with Crippen LogP contribution in [0.5, 0.6) is 0 Å². The van der Waals surface area contributed by atoms with Gasteiger partial charge in [0, 0.05) is 9.52 Å². The molecule has 0 aromatic carbocycles. The summed E-state index contributed by atoms with van der Waals surface area (Å²) < 4.78 is 30.5. The predicted molar refractivity (Wildman–Crippen MR) is 53.9 cm³/mol. The Kier molecular flexibility index (Phi) is 5.78. The van der Waals surface area contributed by atoms with Gasteiger partial charge in [-0.3, -0.25) is 4.55 Å². The predicted octanol–water partition coefficient (Wildman–Crippen LogP) is 0.998. The molecule has 12 heavy (non-hydrogen) atoms. The van der Waals surface area contributed by atoms with E-state index >= 15 is 0 Å². The van der Waals surface area contributed by atoms with Crippen LogP contribution in [0.3, 0.4) is 0 Å². The zero-order chi connectivity index (χ0) is 9.61. The van der Waals surface area contributed by atoms with Gasteiger partial charge in [0.25, 0.3) is 10.1 Å². The molecule has 0 spiro atoms. The van der Waals surface area contributed by atoms with Crippen molar-refractivity contribution in [2.45, 2.75) is 44.0 Å². The van der Waals surface area contributed by atoms with Gasteiger partial charge in [0.05, 0.1) is 4.87 Å². The molecule has 0 aromatic heterocycles. The molecule has 1 atom stereocenters. The van der Waals surface area contributed by atoms with Crippen LogP contribution >= 0.6 is 0 Å². The molecule has 0 heterocycles. The van der Waals surface area contributed by atoms with Crippen molar-refractivity contribution in [2.24, 2.45) is 0 Å². The maximum Gasteiger partial charge on any atom is 0.264 e. The molecule has 0 saturated carbocycles. The van der Waals surface area contributed by atoms with E-state index in [9.17, 15) is 8.42 Å². The Labute approximate surface area is 77.1 Å². The van der Waals surface area contributed by atoms with Gasteiger partial charge in [-0.05, 0) is 6.42 Å². The van der Waals surface area contributed by atoms with Crippen molar-refractivity contribution in [1.82, 2.24) is 0 Å². The summed E-state index contributed by atoms with van der Waals surface area (Å²) in [4.78, 5) is -0.401. The summed E-state index contributed by atoms with van der Waals surface area (Å²) in [5.74, 6) is 0. The summed E-state index contributed by atoms with van der Waals surface area (Å²) in [6.07, 6.45) is 2.49. The van der Waals surface area contributed by atoms with Gasteiger partial charge in [-0.2, -0.15) is 8.42 Å². The van der Waals surface area contributed by atoms with Crippen LogP contribution in [0.1, 0.15) is 33.1 Å². The lowest BCUT2D eigenvalue weighted by Crippen LogP contribution is -2.26. The molecule has 0 amide bonds. The average molecular weight is 210 g/mol. The van der Waals surface area contributed by atoms with E-state index in [0.717, 1.165) is 18.9 Å². The lowest BCUT2D eigenvalue weighted by atomic mass is 10.4. The molecule has 0 saturated heterocycles. The first-order valence-electron chi connectivity index (χ1n) is 4.48. The highest BCUT2D eigenvalue weighted by Gasteiger charge is 2.20. The summed E-state index contributed by atoms with van der Waals surface area (Å²) in [6, 6.07) is 1.00. The first kappa shape index (κ1) is 12.1. The number of hydrogen-bond acceptors (Lipinski definition) is 2. The fourth-order valence-corrected chi connectivity index (χ4v) is 4.98. The van der Waals surface area contributed by atoms with Gasteiger partial charge < -0.3 is 0 Å². The van der Waals surface area contributed by atoms with Crippen LogP contribution in [-0.2, 0) is 10.1 Å². The van der Waals surface area contributed by atoms with E-state index in [-0.39, 0.29) is 0 Å². The highest BCUT2D eigenvalue weighted by molar-refractivity contribution is 7.87. The third-order valence-electron chi connectivity index (χ3n) is 1.91. The highest BCUT2D eigenvalue weighted by Crippen LogP contribution is 2.07. The van der Waals surface area contributed by atoms with E-state index in [0.29, 0.717) is 6.42 Å². The molecule has 0 aromatic rings. The maximum atomic E-state index is 10.8. The van der Waals surface area contributed by atoms with E-state index in [2.05, 4.69) is 0 Å². The van der Waals surface area contributed by atoms with Crippen molar-refractivity contribution < 1.29 is 13.0 Å². The molecule has 0 radical (unpaired) electrons. The van der Waals surface area contributed by atoms with Gasteiger partial charge in [-0.15, -0.1) is 0 Å². The van der Waals surface area contributed by atoms with Crippen LogP contribution in [0.15, 0.2) is 0 Å². The van der Waals surface area contributed by atoms with Crippen molar-refractivity contribution in [3.8, 4) is 0 Å². The molecule has 0 aliphatic rings. The summed E-state index contributed by atoms with van der Waals surface area (Å²) in [7, 11) is -4.37. The lowest BCUT2D eigenvalue weighted by Gasteiger charge is -2.10. The smallest absolute Gasteiger partial charge is 0.264 e. The topological polar surface area (TPSA) is 54.4 Å². The summed E-state index contributed by atoms with van der Waals surface area (Å²) >= 11 is 0. The SMILES string of the molecule is CCC[SiH2]C(CCC)S(=O)(=O)O. The Bertz CT molecular complexity index is 201. The van der Waals surface area contributed by atoms with Gasteiger partial charge in [-0.25, -0.2) is 0 Å². The molecule has 1 unspecified atom stereocenters. The summed E-state index contributed by atoms with van der Waals surface area (Å²) in [5, 5.41) is 0. The minimum absolute atomic E-state index is 0.401. The van der Waals surface area contributed by atoms with Crippen LogP contribution in [0, 0.1) is 0 Å². The van der Waals surface area contributed by atoms with Crippen LogP contribution < -0.4 is 0 Å². The van der Waals surface area contributed by atoms with Gasteiger partial charge >= 0.3 is 0 Å². The van der Waals surface area contributed by atoms with E-state index in [1.54, 1.807) is 0 Å². The summed E-state index contributed by atoms with van der Waals surface area (Å²) in [5.41, 5.74) is 0. The van der Waals surface area contributed by atoms with Gasteiger partial charge in [-0.1, -0.05) is 32.7 Å². The molecule has 0 aliphatic heterocycles. The van der Waals surface area contributed by atoms with Crippen molar-refractivity contribution in [3.63, 3.8) is 0 Å². The molecular weight excluding hydrogens is 192 g/mol. The lowest BCUT2D eigenvalue weighted by molar-refractivity contribution is 0.475. The first-order valence-corrected chi connectivity index (χ1v) is 7.80. The fraction of sp³-hybridized carbons (Fsp3) is 1.00. The van der Waals surface area contributed by atoms with Crippen molar-refractivity contribution in [3.05, 3.63) is 0 Å². The first-order chi connectivity index (χ1) is 5.52. The van der Waals surface area contributed by atoms with Crippen molar-refractivity contribution in [1.29, 1.82) is 0 Å². The van der Waals surface area contributed by atoms with Crippen LogP contribution in [0.4, 0.5) is 0 Å². The molecule has 0 fully saturated rings. The Hall–Kier alpha value is 0.127. The van der Waals surface area contributed by atoms with Crippen LogP contribution in [0.2, 0.25) is 6.04 Å². The minimum atomic E-state index is -3.74. The number of hydrogen-bond donors (Lipinski definition) is 1. The second kappa shape index (κ2) is 5.72. The third kappa shape index (κ3) is 4.90. The van der Waals surface area contributed by atoms with Crippen molar-refractivity contribution in [2.75, 3.05) is 0 Å². The average Bonchev–Trinajstić information content (AvgIpc) is 1.95. The van der Waals surface area contributed by atoms with E-state index < -0.39 is 24.5 Å². The minimum Gasteiger partial charge on any atom is -0.286 e. The second-order valence-corrected chi connectivity index (χ2v) is 7.63. The molecule has 0 bridgehead atoms. The molecule has 5 heteroatoms. The van der Waals surface area contributed by atoms with Gasteiger partial charge in [0.1, 0.15) is 0 Å². The Morgan fingerprint density at radius 2 is 1.92 bits per heavy atom. The normalized spacial score (nSPS) is 15.6. The van der Waals surface area contributed by atoms with E-state index in [1.165, 1.54) is 0 Å². The standard InChI is InChI=1S/C7H18O3SSi/c1-3-5-7(11(8,9)10)12-6-4-2/h7H,3-6,12H2,1-2H3,(H,8,9,10). The van der Waals surface area contributed by atoms with E-state index in [1.807, 2.05) is 13.8 Å². The Balaban J connectivity index is 4.05. The molecule has 74 valence electrons. The fourth-order valence-electron chi connectivity index (χ4n) is 1.20. The second-order valence-electron chi connectivity index (χ2n) is 3.07. The molecule has 3 nitrogen and oxygen atoms in total. The zero-order valence-corrected chi connectivity index (χ0v) is 10.0.